The Kier molecular flexibility index (Phi) is 4.39. The third kappa shape index (κ3) is 3.55. The molecule has 6 nitrogen and oxygen atoms in total. The molecule has 1 fully saturated rings. The second-order valence-corrected chi connectivity index (χ2v) is 6.35. The maximum atomic E-state index is 13.0. The summed E-state index contributed by atoms with van der Waals surface area (Å²) in [7, 11) is 0. The number of hydrogen-bond donors (Lipinski definition) is 1. The number of amides is 1. The molecule has 1 aromatic carbocycles. The van der Waals surface area contributed by atoms with E-state index >= 15 is 0 Å². The van der Waals surface area contributed by atoms with Gasteiger partial charge < -0.3 is 13.7 Å². The summed E-state index contributed by atoms with van der Waals surface area (Å²) in [5.41, 5.74) is -0.175. The number of carbonyl (C=O) groups is 1. The molecule has 0 bridgehead atoms. The summed E-state index contributed by atoms with van der Waals surface area (Å²) in [4.78, 5) is 16.7. The molecule has 4 rings (SSSR count). The zero-order valence-corrected chi connectivity index (χ0v) is 14.1. The predicted octanol–water partition coefficient (Wildman–Crippen LogP) is 3.67. The number of nitrogens with one attached hydrogen (secondary N) is 1. The van der Waals surface area contributed by atoms with Gasteiger partial charge in [0.25, 0.3) is 0 Å². The van der Waals surface area contributed by atoms with Crippen LogP contribution in [0.3, 0.4) is 0 Å². The van der Waals surface area contributed by atoms with Gasteiger partial charge in [-0.25, -0.2) is 4.98 Å². The van der Waals surface area contributed by atoms with Crippen LogP contribution in [-0.4, -0.2) is 28.7 Å². The Bertz CT molecular complexity index is 958. The molecule has 0 aliphatic carbocycles. The lowest BCUT2D eigenvalue weighted by atomic mass is 10.1. The van der Waals surface area contributed by atoms with Crippen molar-refractivity contribution in [1.82, 2.24) is 9.55 Å². The van der Waals surface area contributed by atoms with E-state index in [-0.39, 0.29) is 29.8 Å². The van der Waals surface area contributed by atoms with Crippen molar-refractivity contribution in [2.75, 3.05) is 18.5 Å². The first-order valence-corrected chi connectivity index (χ1v) is 8.40. The van der Waals surface area contributed by atoms with Crippen LogP contribution < -0.4 is 5.32 Å². The van der Waals surface area contributed by atoms with Gasteiger partial charge in [-0.15, -0.1) is 0 Å². The summed E-state index contributed by atoms with van der Waals surface area (Å²) < 4.78 is 51.2. The quantitative estimate of drug-likeness (QED) is 0.751. The molecule has 0 spiro atoms. The van der Waals surface area contributed by atoms with Crippen molar-refractivity contribution in [3.05, 3.63) is 47.9 Å². The van der Waals surface area contributed by atoms with Gasteiger partial charge in [0, 0.05) is 6.61 Å². The molecule has 1 amide bonds. The monoisotopic (exact) mass is 379 g/mol. The van der Waals surface area contributed by atoms with Gasteiger partial charge in [0.05, 0.1) is 41.9 Å². The van der Waals surface area contributed by atoms with Gasteiger partial charge in [-0.05, 0) is 36.8 Å². The number of furan rings is 1. The van der Waals surface area contributed by atoms with Gasteiger partial charge in [-0.2, -0.15) is 13.2 Å². The summed E-state index contributed by atoms with van der Waals surface area (Å²) in [6.07, 6.45) is -2.36. The third-order valence-corrected chi connectivity index (χ3v) is 4.51. The van der Waals surface area contributed by atoms with Crippen molar-refractivity contribution in [1.29, 1.82) is 0 Å². The summed E-state index contributed by atoms with van der Waals surface area (Å²) >= 11 is 0. The van der Waals surface area contributed by atoms with Crippen LogP contribution in [0.25, 0.3) is 11.0 Å². The van der Waals surface area contributed by atoms with E-state index in [4.69, 9.17) is 9.15 Å². The van der Waals surface area contributed by atoms with E-state index in [0.717, 1.165) is 12.1 Å². The molecule has 3 heterocycles. The van der Waals surface area contributed by atoms with Crippen LogP contribution >= 0.6 is 0 Å². The predicted molar refractivity (Wildman–Crippen MR) is 90.1 cm³/mol. The van der Waals surface area contributed by atoms with Gasteiger partial charge in [0.15, 0.2) is 0 Å². The van der Waals surface area contributed by atoms with Crippen LogP contribution in [0.15, 0.2) is 41.0 Å². The molecule has 142 valence electrons. The number of fused-ring (bicyclic) bond motifs is 1. The highest BCUT2D eigenvalue weighted by molar-refractivity contribution is 5.93. The average molecular weight is 379 g/mol. The molecule has 2 aromatic heterocycles. The smallest absolute Gasteiger partial charge is 0.416 e. The van der Waals surface area contributed by atoms with Gasteiger partial charge in [-0.3, -0.25) is 10.1 Å². The molecule has 1 aliphatic heterocycles. The molecule has 0 unspecified atom stereocenters. The average Bonchev–Trinajstić information content (AvgIpc) is 3.36. The van der Waals surface area contributed by atoms with E-state index in [1.165, 1.54) is 12.3 Å². The van der Waals surface area contributed by atoms with Crippen LogP contribution in [0, 0.1) is 5.92 Å². The molecule has 0 radical (unpaired) electrons. The Morgan fingerprint density at radius 2 is 2.19 bits per heavy atom. The van der Waals surface area contributed by atoms with Gasteiger partial charge in [0.2, 0.25) is 11.9 Å². The maximum absolute atomic E-state index is 13.0. The second-order valence-electron chi connectivity index (χ2n) is 6.35. The maximum Gasteiger partial charge on any atom is 0.416 e. The minimum absolute atomic E-state index is 0.148. The van der Waals surface area contributed by atoms with Gasteiger partial charge >= 0.3 is 6.18 Å². The van der Waals surface area contributed by atoms with E-state index in [0.29, 0.717) is 30.9 Å². The van der Waals surface area contributed by atoms with Crippen molar-refractivity contribution < 1.29 is 27.1 Å². The van der Waals surface area contributed by atoms with Crippen molar-refractivity contribution in [3.8, 4) is 0 Å². The first kappa shape index (κ1) is 17.6. The molecular weight excluding hydrogens is 363 g/mol. The lowest BCUT2D eigenvalue weighted by Gasteiger charge is -2.11. The molecule has 27 heavy (non-hydrogen) atoms. The molecule has 1 N–H and O–H groups in total. The number of nitrogens with zero attached hydrogens (tertiary/aromatic N) is 2. The normalized spacial score (nSPS) is 17.5. The number of carbonyl (C=O) groups excluding carboxylic acids is 1. The Labute approximate surface area is 151 Å². The van der Waals surface area contributed by atoms with Crippen molar-refractivity contribution >= 4 is 22.9 Å². The summed E-state index contributed by atoms with van der Waals surface area (Å²) in [6, 6.07) is 6.78. The number of hydrogen-bond acceptors (Lipinski definition) is 4. The lowest BCUT2D eigenvalue weighted by Crippen LogP contribution is -2.24. The number of rotatable bonds is 4. The van der Waals surface area contributed by atoms with Crippen molar-refractivity contribution in [3.63, 3.8) is 0 Å². The number of imidazole rings is 1. The number of anilines is 1. The molecule has 1 aliphatic rings. The van der Waals surface area contributed by atoms with Crippen LogP contribution in [0.4, 0.5) is 19.1 Å². The number of aromatic nitrogens is 2. The summed E-state index contributed by atoms with van der Waals surface area (Å²) in [5, 5.41) is 2.72. The van der Waals surface area contributed by atoms with E-state index in [9.17, 15) is 18.0 Å². The van der Waals surface area contributed by atoms with Crippen molar-refractivity contribution in [2.45, 2.75) is 19.1 Å². The van der Waals surface area contributed by atoms with E-state index in [2.05, 4.69) is 10.3 Å². The molecule has 1 atom stereocenters. The third-order valence-electron chi connectivity index (χ3n) is 4.51. The fraction of sp³-hybridized carbons (Fsp3) is 0.333. The van der Waals surface area contributed by atoms with Crippen LogP contribution in [-0.2, 0) is 22.3 Å². The lowest BCUT2D eigenvalue weighted by molar-refractivity contribution is -0.137. The SMILES string of the molecule is O=C(Nc1nc2cc(C(F)(F)F)ccc2n1Cc1ccco1)[C@@H]1CCOC1. The minimum atomic E-state index is -4.47. The number of alkyl halides is 3. The molecular formula is C18H16F3N3O3. The largest absolute Gasteiger partial charge is 0.467 e. The second kappa shape index (κ2) is 6.73. The fourth-order valence-corrected chi connectivity index (χ4v) is 3.07. The number of benzene rings is 1. The number of ether oxygens (including phenoxy) is 1. The Balaban J connectivity index is 1.73. The van der Waals surface area contributed by atoms with Crippen molar-refractivity contribution in [2.24, 2.45) is 5.92 Å². The molecule has 9 heteroatoms. The summed E-state index contributed by atoms with van der Waals surface area (Å²) in [6.45, 7) is 1.06. The zero-order valence-electron chi connectivity index (χ0n) is 14.1. The Morgan fingerprint density at radius 3 is 2.85 bits per heavy atom. The van der Waals surface area contributed by atoms with Crippen LogP contribution in [0.1, 0.15) is 17.7 Å². The fourth-order valence-electron chi connectivity index (χ4n) is 3.07. The first-order valence-electron chi connectivity index (χ1n) is 8.40. The Hall–Kier alpha value is -2.81. The minimum Gasteiger partial charge on any atom is -0.467 e. The highest BCUT2D eigenvalue weighted by Gasteiger charge is 2.31. The summed E-state index contributed by atoms with van der Waals surface area (Å²) in [5.74, 6) is 0.207. The van der Waals surface area contributed by atoms with Gasteiger partial charge in [0.1, 0.15) is 5.76 Å². The number of halogens is 3. The topological polar surface area (TPSA) is 69.3 Å². The first-order chi connectivity index (χ1) is 12.9. The molecule has 1 saturated heterocycles. The highest BCUT2D eigenvalue weighted by atomic mass is 19.4. The molecule has 0 saturated carbocycles. The zero-order chi connectivity index (χ0) is 19.0. The Morgan fingerprint density at radius 1 is 1.33 bits per heavy atom. The van der Waals surface area contributed by atoms with E-state index in [1.807, 2.05) is 0 Å². The highest BCUT2D eigenvalue weighted by Crippen LogP contribution is 2.32. The standard InChI is InChI=1S/C18H16F3N3O3/c19-18(20,21)12-3-4-15-14(8-12)22-17(23-16(25)11-5-7-26-10-11)24(15)9-13-2-1-6-27-13/h1-4,6,8,11H,5,7,9-10H2,(H,22,23,25)/t11-/m1/s1. The van der Waals surface area contributed by atoms with Crippen LogP contribution in [0.5, 0.6) is 0 Å². The van der Waals surface area contributed by atoms with E-state index in [1.54, 1.807) is 16.7 Å². The van der Waals surface area contributed by atoms with E-state index < -0.39 is 11.7 Å². The van der Waals surface area contributed by atoms with Gasteiger partial charge in [-0.1, -0.05) is 0 Å². The van der Waals surface area contributed by atoms with Crippen LogP contribution in [0.2, 0.25) is 0 Å². The molecule has 3 aromatic rings.